The molecule has 3 aromatic heterocycles. The number of carbonyl (C=O) groups is 2. The van der Waals surface area contributed by atoms with Crippen LogP contribution in [0.15, 0.2) is 53.0 Å². The van der Waals surface area contributed by atoms with E-state index in [9.17, 15) is 9.59 Å². The van der Waals surface area contributed by atoms with E-state index in [-0.39, 0.29) is 11.1 Å². The maximum atomic E-state index is 11.8. The van der Waals surface area contributed by atoms with Crippen molar-refractivity contribution >= 4 is 46.3 Å². The van der Waals surface area contributed by atoms with Crippen molar-refractivity contribution in [1.82, 2.24) is 25.6 Å². The number of pyridine rings is 1. The SMILES string of the molecule is O=C1NC(=O)/C(=C/c2ccnc(N3CCC(CNCc4ccnc(-c5cccs5)c4)CC3)n2)S1. The lowest BCUT2D eigenvalue weighted by Gasteiger charge is -2.32. The first-order valence-electron chi connectivity index (χ1n) is 11.2. The summed E-state index contributed by atoms with van der Waals surface area (Å²) in [5, 5.41) is 7.58. The second-order valence-corrected chi connectivity index (χ2v) is 10.2. The van der Waals surface area contributed by atoms with Gasteiger partial charge in [-0.2, -0.15) is 0 Å². The van der Waals surface area contributed by atoms with Crippen molar-refractivity contribution in [3.63, 3.8) is 0 Å². The summed E-state index contributed by atoms with van der Waals surface area (Å²) in [6.07, 6.45) is 7.33. The van der Waals surface area contributed by atoms with E-state index in [1.54, 1.807) is 29.7 Å². The zero-order valence-corrected chi connectivity index (χ0v) is 20.1. The Morgan fingerprint density at radius 1 is 1.15 bits per heavy atom. The molecule has 0 saturated carbocycles. The minimum Gasteiger partial charge on any atom is -0.341 e. The predicted molar refractivity (Wildman–Crippen MR) is 135 cm³/mol. The third-order valence-electron chi connectivity index (χ3n) is 5.84. The van der Waals surface area contributed by atoms with Gasteiger partial charge in [0.25, 0.3) is 11.1 Å². The lowest BCUT2D eigenvalue weighted by Crippen LogP contribution is -2.38. The van der Waals surface area contributed by atoms with Crippen LogP contribution in [0.2, 0.25) is 0 Å². The number of nitrogens with one attached hydrogen (secondary N) is 2. The summed E-state index contributed by atoms with van der Waals surface area (Å²) in [5.74, 6) is 0.885. The second-order valence-electron chi connectivity index (χ2n) is 8.22. The molecule has 0 atom stereocenters. The van der Waals surface area contributed by atoms with Gasteiger partial charge in [0.15, 0.2) is 0 Å². The van der Waals surface area contributed by atoms with Crippen LogP contribution in [-0.4, -0.2) is 45.7 Å². The van der Waals surface area contributed by atoms with Gasteiger partial charge in [0.2, 0.25) is 5.95 Å². The third-order valence-corrected chi connectivity index (χ3v) is 7.55. The van der Waals surface area contributed by atoms with Crippen molar-refractivity contribution in [3.05, 3.63) is 64.3 Å². The van der Waals surface area contributed by atoms with Crippen LogP contribution >= 0.6 is 23.1 Å². The van der Waals surface area contributed by atoms with Crippen LogP contribution in [0.1, 0.15) is 24.1 Å². The highest BCUT2D eigenvalue weighted by Gasteiger charge is 2.25. The molecule has 5 heterocycles. The number of nitrogens with zero attached hydrogens (tertiary/aromatic N) is 4. The molecule has 0 radical (unpaired) electrons. The van der Waals surface area contributed by atoms with Gasteiger partial charge >= 0.3 is 0 Å². The Balaban J connectivity index is 1.11. The Kier molecular flexibility index (Phi) is 6.98. The number of rotatable bonds is 7. The standard InChI is InChI=1S/C24H24N6O2S2/c31-22-21(34-24(32)29-22)13-18-4-8-27-23(28-18)30-9-5-16(6-10-30)14-25-15-17-3-7-26-19(12-17)20-2-1-11-33-20/h1-4,7-8,11-13,16,25H,5-6,9-10,14-15H2,(H,29,31,32)/b21-13-. The highest BCUT2D eigenvalue weighted by molar-refractivity contribution is 8.18. The largest absolute Gasteiger partial charge is 0.341 e. The van der Waals surface area contributed by atoms with Crippen LogP contribution in [0.25, 0.3) is 16.6 Å². The molecule has 0 unspecified atom stereocenters. The highest BCUT2D eigenvalue weighted by atomic mass is 32.2. The van der Waals surface area contributed by atoms with E-state index in [0.717, 1.165) is 56.5 Å². The number of hydrogen-bond donors (Lipinski definition) is 2. The molecule has 0 bridgehead atoms. The van der Waals surface area contributed by atoms with E-state index in [1.807, 2.05) is 12.3 Å². The predicted octanol–water partition coefficient (Wildman–Crippen LogP) is 3.93. The van der Waals surface area contributed by atoms with E-state index in [4.69, 9.17) is 0 Å². The lowest BCUT2D eigenvalue weighted by molar-refractivity contribution is -0.115. The number of carbonyl (C=O) groups excluding carboxylic acids is 2. The first kappa shape index (κ1) is 22.7. The average Bonchev–Trinajstić information content (AvgIpc) is 3.50. The Hall–Kier alpha value is -3.08. The maximum absolute atomic E-state index is 11.8. The fourth-order valence-corrected chi connectivity index (χ4v) is 5.41. The molecular weight excluding hydrogens is 468 g/mol. The number of aromatic nitrogens is 3. The summed E-state index contributed by atoms with van der Waals surface area (Å²) in [5.41, 5.74) is 2.89. The second kappa shape index (κ2) is 10.5. The summed E-state index contributed by atoms with van der Waals surface area (Å²) in [7, 11) is 0. The molecule has 8 nitrogen and oxygen atoms in total. The highest BCUT2D eigenvalue weighted by Crippen LogP contribution is 2.26. The first-order valence-corrected chi connectivity index (χ1v) is 12.9. The molecule has 0 aliphatic carbocycles. The van der Waals surface area contributed by atoms with Gasteiger partial charge in [0.1, 0.15) is 0 Å². The van der Waals surface area contributed by atoms with Crippen molar-refractivity contribution in [2.24, 2.45) is 5.92 Å². The number of imide groups is 1. The number of anilines is 1. The number of thioether (sulfide) groups is 1. The molecule has 2 amide bonds. The molecule has 2 aliphatic rings. The van der Waals surface area contributed by atoms with Gasteiger partial charge < -0.3 is 10.2 Å². The minimum absolute atomic E-state index is 0.354. The van der Waals surface area contributed by atoms with Crippen molar-refractivity contribution in [2.45, 2.75) is 19.4 Å². The van der Waals surface area contributed by atoms with E-state index in [2.05, 4.69) is 54.1 Å². The summed E-state index contributed by atoms with van der Waals surface area (Å²) in [4.78, 5) is 40.4. The summed E-state index contributed by atoms with van der Waals surface area (Å²) in [6, 6.07) is 10.1. The molecular formula is C24H24N6O2S2. The van der Waals surface area contributed by atoms with Crippen molar-refractivity contribution in [1.29, 1.82) is 0 Å². The van der Waals surface area contributed by atoms with Crippen molar-refractivity contribution < 1.29 is 9.59 Å². The molecule has 174 valence electrons. The normalized spacial score (nSPS) is 18.0. The van der Waals surface area contributed by atoms with Gasteiger partial charge in [-0.1, -0.05) is 6.07 Å². The van der Waals surface area contributed by atoms with Gasteiger partial charge in [0.05, 0.1) is 21.2 Å². The zero-order chi connectivity index (χ0) is 23.3. The first-order chi connectivity index (χ1) is 16.6. The monoisotopic (exact) mass is 492 g/mol. The van der Waals surface area contributed by atoms with Crippen molar-refractivity contribution in [3.8, 4) is 10.6 Å². The summed E-state index contributed by atoms with van der Waals surface area (Å²) >= 11 is 2.60. The Morgan fingerprint density at radius 3 is 2.76 bits per heavy atom. The lowest BCUT2D eigenvalue weighted by atomic mass is 9.97. The van der Waals surface area contributed by atoms with Crippen LogP contribution in [0.3, 0.4) is 0 Å². The van der Waals surface area contributed by atoms with Gasteiger partial charge in [-0.25, -0.2) is 9.97 Å². The van der Waals surface area contributed by atoms with Crippen LogP contribution in [0, 0.1) is 5.92 Å². The smallest absolute Gasteiger partial charge is 0.290 e. The molecule has 2 saturated heterocycles. The molecule has 10 heteroatoms. The van der Waals surface area contributed by atoms with Gasteiger partial charge in [-0.15, -0.1) is 11.3 Å². The summed E-state index contributed by atoms with van der Waals surface area (Å²) in [6.45, 7) is 3.57. The summed E-state index contributed by atoms with van der Waals surface area (Å²) < 4.78 is 0. The fraction of sp³-hybridized carbons (Fsp3) is 0.292. The molecule has 34 heavy (non-hydrogen) atoms. The minimum atomic E-state index is -0.377. The third kappa shape index (κ3) is 5.52. The van der Waals surface area contributed by atoms with E-state index in [0.29, 0.717) is 22.5 Å². The topological polar surface area (TPSA) is 100 Å². The number of thiophene rings is 1. The van der Waals surface area contributed by atoms with Crippen LogP contribution < -0.4 is 15.5 Å². The van der Waals surface area contributed by atoms with Gasteiger partial charge in [-0.3, -0.25) is 19.9 Å². The maximum Gasteiger partial charge on any atom is 0.290 e. The molecule has 2 aliphatic heterocycles. The molecule has 0 spiro atoms. The van der Waals surface area contributed by atoms with E-state index >= 15 is 0 Å². The molecule has 0 aromatic carbocycles. The van der Waals surface area contributed by atoms with E-state index < -0.39 is 0 Å². The van der Waals surface area contributed by atoms with Crippen molar-refractivity contribution in [2.75, 3.05) is 24.5 Å². The molecule has 2 N–H and O–H groups in total. The average molecular weight is 493 g/mol. The molecule has 5 rings (SSSR count). The zero-order valence-electron chi connectivity index (χ0n) is 18.4. The number of hydrogen-bond acceptors (Lipinski definition) is 9. The van der Waals surface area contributed by atoms with Gasteiger partial charge in [0, 0.05) is 32.0 Å². The van der Waals surface area contributed by atoms with Crippen LogP contribution in [-0.2, 0) is 11.3 Å². The number of piperidine rings is 1. The Morgan fingerprint density at radius 2 is 2.00 bits per heavy atom. The number of amides is 2. The molecule has 3 aromatic rings. The van der Waals surface area contributed by atoms with Crippen LogP contribution in [0.5, 0.6) is 0 Å². The molecule has 2 fully saturated rings. The quantitative estimate of drug-likeness (QED) is 0.479. The fourth-order valence-electron chi connectivity index (χ4n) is 4.05. The van der Waals surface area contributed by atoms with Gasteiger partial charge in [-0.05, 0) is 78.4 Å². The van der Waals surface area contributed by atoms with Crippen LogP contribution in [0.4, 0.5) is 10.7 Å². The van der Waals surface area contributed by atoms with E-state index in [1.165, 1.54) is 10.4 Å². The Bertz CT molecular complexity index is 1210. The Labute approximate surface area is 205 Å².